The van der Waals surface area contributed by atoms with Gasteiger partial charge < -0.3 is 27.6 Å². The zero-order chi connectivity index (χ0) is 17.6. The predicted octanol–water partition coefficient (Wildman–Crippen LogP) is -0.743. The maximum Gasteiger partial charge on any atom is 3.00 e. The molecule has 0 aliphatic rings. The minimum atomic E-state index is 0. The second kappa shape index (κ2) is 11.6. The summed E-state index contributed by atoms with van der Waals surface area (Å²) in [6.45, 7) is 20.0. The SMILES string of the molecule is CC(C)(C)c1nc(C(C)(C)C)c(C(C)(C)C)[nH]1.C[O-].C[O-].[Cl-].[Ti+3]. The van der Waals surface area contributed by atoms with E-state index in [0.29, 0.717) is 0 Å². The van der Waals surface area contributed by atoms with Gasteiger partial charge in [0.25, 0.3) is 0 Å². The third-order valence-electron chi connectivity index (χ3n) is 2.87. The van der Waals surface area contributed by atoms with Crippen molar-refractivity contribution in [3.63, 3.8) is 0 Å². The van der Waals surface area contributed by atoms with E-state index < -0.39 is 0 Å². The van der Waals surface area contributed by atoms with Gasteiger partial charge in [0.1, 0.15) is 5.82 Å². The van der Waals surface area contributed by atoms with Crippen LogP contribution < -0.4 is 22.6 Å². The van der Waals surface area contributed by atoms with E-state index in [0.717, 1.165) is 20.0 Å². The molecule has 1 heterocycles. The maximum atomic E-state index is 8.25. The fourth-order valence-corrected chi connectivity index (χ4v) is 1.81. The van der Waals surface area contributed by atoms with Gasteiger partial charge in [0.05, 0.1) is 5.69 Å². The van der Waals surface area contributed by atoms with Crippen LogP contribution in [0.4, 0.5) is 0 Å². The van der Waals surface area contributed by atoms with E-state index in [9.17, 15) is 0 Å². The molecule has 0 atom stereocenters. The molecule has 0 aliphatic heterocycles. The molecule has 4 nitrogen and oxygen atoms in total. The van der Waals surface area contributed by atoms with Gasteiger partial charge in [0, 0.05) is 21.9 Å². The van der Waals surface area contributed by atoms with E-state index in [1.54, 1.807) is 0 Å². The number of hydrogen-bond donors (Lipinski definition) is 1. The van der Waals surface area contributed by atoms with Crippen molar-refractivity contribution in [1.29, 1.82) is 0 Å². The Morgan fingerprint density at radius 2 is 1.04 bits per heavy atom. The molecule has 0 fully saturated rings. The van der Waals surface area contributed by atoms with Gasteiger partial charge in [-0.25, -0.2) is 4.98 Å². The molecule has 0 amide bonds. The Kier molecular flexibility index (Phi) is 15.7. The first-order valence-electron chi connectivity index (χ1n) is 7.26. The van der Waals surface area contributed by atoms with E-state index >= 15 is 0 Å². The van der Waals surface area contributed by atoms with Gasteiger partial charge in [-0.05, 0) is 0 Å². The zero-order valence-electron chi connectivity index (χ0n) is 16.6. The van der Waals surface area contributed by atoms with Crippen molar-refractivity contribution >= 4 is 0 Å². The van der Waals surface area contributed by atoms with Crippen LogP contribution in [-0.2, 0) is 38.0 Å². The summed E-state index contributed by atoms with van der Waals surface area (Å²) in [6.07, 6.45) is 0. The van der Waals surface area contributed by atoms with Crippen LogP contribution >= 0.6 is 0 Å². The van der Waals surface area contributed by atoms with E-state index in [2.05, 4.69) is 67.3 Å². The zero-order valence-corrected chi connectivity index (χ0v) is 19.0. The van der Waals surface area contributed by atoms with Crippen LogP contribution in [0.25, 0.3) is 0 Å². The molecule has 1 aromatic heterocycles. The summed E-state index contributed by atoms with van der Waals surface area (Å²) in [5, 5.41) is 16.5. The van der Waals surface area contributed by atoms with Crippen LogP contribution in [0.3, 0.4) is 0 Å². The Morgan fingerprint density at radius 1 is 0.696 bits per heavy atom. The molecule has 1 radical (unpaired) electrons. The molecule has 0 aromatic carbocycles. The largest absolute Gasteiger partial charge is 3.00 e. The Balaban J connectivity index is -0.000000278. The predicted molar refractivity (Wildman–Crippen MR) is 86.5 cm³/mol. The normalized spacial score (nSPS) is 11.0. The maximum absolute atomic E-state index is 8.25. The third kappa shape index (κ3) is 9.88. The Labute approximate surface area is 164 Å². The van der Waals surface area contributed by atoms with Crippen molar-refractivity contribution in [2.45, 2.75) is 78.6 Å². The number of halogens is 1. The van der Waals surface area contributed by atoms with Gasteiger partial charge >= 0.3 is 21.7 Å². The topological polar surface area (TPSA) is 74.8 Å². The molecule has 0 saturated carbocycles. The van der Waals surface area contributed by atoms with Crippen LogP contribution in [0.5, 0.6) is 0 Å². The average molecular weight is 382 g/mol. The number of rotatable bonds is 0. The number of imidazole rings is 1. The second-order valence-electron chi connectivity index (χ2n) is 8.06. The number of nitrogens with one attached hydrogen (secondary N) is 1. The molecular weight excluding hydrogens is 348 g/mol. The van der Waals surface area contributed by atoms with Crippen LogP contribution in [0.1, 0.15) is 79.5 Å². The Morgan fingerprint density at radius 3 is 1.22 bits per heavy atom. The molecule has 23 heavy (non-hydrogen) atoms. The quantitative estimate of drug-likeness (QED) is 0.601. The van der Waals surface area contributed by atoms with Gasteiger partial charge in [-0.2, -0.15) is 14.2 Å². The van der Waals surface area contributed by atoms with Gasteiger partial charge in [0.2, 0.25) is 0 Å². The molecule has 0 bridgehead atoms. The first-order chi connectivity index (χ1) is 9.33. The van der Waals surface area contributed by atoms with Crippen molar-refractivity contribution in [2.75, 3.05) is 14.2 Å². The van der Waals surface area contributed by atoms with Gasteiger partial charge in [0.15, 0.2) is 0 Å². The number of hydrogen-bond acceptors (Lipinski definition) is 3. The molecular formula is C17H34ClN2O2Ti. The number of aromatic amines is 1. The van der Waals surface area contributed by atoms with Crippen LogP contribution in [0.15, 0.2) is 0 Å². The van der Waals surface area contributed by atoms with Gasteiger partial charge in [-0.3, -0.25) is 0 Å². The standard InChI is InChI=1S/C15H28N2.2CH3O.ClH.Ti/c1-13(2,3)10-11(14(4,5)6)17-12(16-10)15(7,8)9;2*1-2;;/h1-9H3,(H,16,17);2*1H3;1H;/q;2*-1;;+3/p-1. The molecule has 0 saturated heterocycles. The van der Waals surface area contributed by atoms with Crippen LogP contribution in [-0.4, -0.2) is 24.2 Å². The summed E-state index contributed by atoms with van der Waals surface area (Å²) in [7, 11) is 1.50. The van der Waals surface area contributed by atoms with E-state index in [4.69, 9.17) is 15.2 Å². The molecule has 6 heteroatoms. The second-order valence-corrected chi connectivity index (χ2v) is 8.06. The molecule has 0 unspecified atom stereocenters. The molecule has 1 N–H and O–H groups in total. The number of nitrogens with zero attached hydrogens (tertiary/aromatic N) is 1. The minimum absolute atomic E-state index is 0. The van der Waals surface area contributed by atoms with E-state index in [1.807, 2.05) is 0 Å². The fraction of sp³-hybridized carbons (Fsp3) is 0.824. The monoisotopic (exact) mass is 381 g/mol. The van der Waals surface area contributed by atoms with Gasteiger partial charge in [-0.1, -0.05) is 62.3 Å². The molecule has 0 aliphatic carbocycles. The fourth-order valence-electron chi connectivity index (χ4n) is 1.81. The smallest absolute Gasteiger partial charge is 1.00 e. The first kappa shape index (κ1) is 31.0. The van der Waals surface area contributed by atoms with Gasteiger partial charge in [-0.15, -0.1) is 0 Å². The van der Waals surface area contributed by atoms with Crippen molar-refractivity contribution in [1.82, 2.24) is 9.97 Å². The van der Waals surface area contributed by atoms with Crippen molar-refractivity contribution in [2.24, 2.45) is 0 Å². The summed E-state index contributed by atoms with van der Waals surface area (Å²) < 4.78 is 0. The number of H-pyrrole nitrogens is 1. The molecule has 1 rings (SSSR count). The van der Waals surface area contributed by atoms with E-state index in [-0.39, 0.29) is 50.4 Å². The third-order valence-corrected chi connectivity index (χ3v) is 2.87. The summed E-state index contributed by atoms with van der Waals surface area (Å²) in [6, 6.07) is 0. The van der Waals surface area contributed by atoms with E-state index in [1.165, 1.54) is 11.4 Å². The van der Waals surface area contributed by atoms with Crippen LogP contribution in [0, 0.1) is 0 Å². The average Bonchev–Trinajstić information content (AvgIpc) is 2.78. The van der Waals surface area contributed by atoms with Crippen molar-refractivity contribution in [3.05, 3.63) is 17.2 Å². The molecule has 1 aromatic rings. The van der Waals surface area contributed by atoms with Crippen molar-refractivity contribution < 1.29 is 44.3 Å². The Hall–Kier alpha value is 0.134. The van der Waals surface area contributed by atoms with Crippen LogP contribution in [0.2, 0.25) is 0 Å². The van der Waals surface area contributed by atoms with Crippen molar-refractivity contribution in [3.8, 4) is 0 Å². The number of aromatic nitrogens is 2. The molecule has 135 valence electrons. The Bertz CT molecular complexity index is 382. The summed E-state index contributed by atoms with van der Waals surface area (Å²) in [5.41, 5.74) is 2.75. The first-order valence-corrected chi connectivity index (χ1v) is 7.26. The summed E-state index contributed by atoms with van der Waals surface area (Å²) >= 11 is 0. The minimum Gasteiger partial charge on any atom is -1.00 e. The summed E-state index contributed by atoms with van der Waals surface area (Å²) in [5.74, 6) is 1.09. The summed E-state index contributed by atoms with van der Waals surface area (Å²) in [4.78, 5) is 8.42. The molecule has 0 spiro atoms.